The number of hydrogen-bond donors (Lipinski definition) is 0. The van der Waals surface area contributed by atoms with Crippen molar-refractivity contribution in [1.29, 1.82) is 0 Å². The van der Waals surface area contributed by atoms with E-state index in [1.807, 2.05) is 51.1 Å². The highest BCUT2D eigenvalue weighted by atomic mass is 32.2. The van der Waals surface area contributed by atoms with Gasteiger partial charge >= 0.3 is 0 Å². The number of benzene rings is 2. The lowest BCUT2D eigenvalue weighted by Crippen LogP contribution is -2.32. The van der Waals surface area contributed by atoms with Crippen molar-refractivity contribution < 1.29 is 17.6 Å². The van der Waals surface area contributed by atoms with E-state index in [9.17, 15) is 17.6 Å². The van der Waals surface area contributed by atoms with Gasteiger partial charge < -0.3 is 9.47 Å². The van der Waals surface area contributed by atoms with Gasteiger partial charge in [-0.1, -0.05) is 62.4 Å². The zero-order valence-electron chi connectivity index (χ0n) is 19.2. The van der Waals surface area contributed by atoms with Gasteiger partial charge in [0.05, 0.1) is 30.7 Å². The second kappa shape index (κ2) is 10.7. The standard InChI is InChI=1S/C25H30FN3O3S/c1-4-28(24(30)14-19(2)3)17-22-15-27-25(29(22)16-20-10-6-5-7-11-20)33(31,32)18-21-12-8-9-13-23(21)26/h5-13,15,19H,4,14,16-18H2,1-3H3. The fourth-order valence-corrected chi connectivity index (χ4v) is 5.14. The van der Waals surface area contributed by atoms with Crippen molar-refractivity contribution in [3.8, 4) is 0 Å². The third kappa shape index (κ3) is 6.28. The molecule has 0 saturated carbocycles. The number of rotatable bonds is 10. The van der Waals surface area contributed by atoms with E-state index >= 15 is 0 Å². The van der Waals surface area contributed by atoms with Gasteiger partial charge in [-0.15, -0.1) is 0 Å². The van der Waals surface area contributed by atoms with Crippen molar-refractivity contribution in [2.75, 3.05) is 6.54 Å². The molecule has 0 atom stereocenters. The molecule has 0 aliphatic rings. The largest absolute Gasteiger partial charge is 0.337 e. The molecule has 0 aliphatic heterocycles. The summed E-state index contributed by atoms with van der Waals surface area (Å²) in [6.07, 6.45) is 1.92. The van der Waals surface area contributed by atoms with E-state index in [1.54, 1.807) is 15.5 Å². The summed E-state index contributed by atoms with van der Waals surface area (Å²) in [4.78, 5) is 18.6. The fraction of sp³-hybridized carbons (Fsp3) is 0.360. The predicted molar refractivity (Wildman–Crippen MR) is 126 cm³/mol. The Bertz CT molecular complexity index is 1190. The lowest BCUT2D eigenvalue weighted by Gasteiger charge is -2.23. The summed E-state index contributed by atoms with van der Waals surface area (Å²) in [7, 11) is -3.94. The lowest BCUT2D eigenvalue weighted by molar-refractivity contribution is -0.132. The zero-order valence-corrected chi connectivity index (χ0v) is 20.1. The number of amides is 1. The van der Waals surface area contributed by atoms with Gasteiger partial charge in [0.15, 0.2) is 0 Å². The summed E-state index contributed by atoms with van der Waals surface area (Å²) in [6.45, 7) is 6.89. The normalized spacial score (nSPS) is 11.7. The van der Waals surface area contributed by atoms with Crippen LogP contribution in [0.5, 0.6) is 0 Å². The molecule has 6 nitrogen and oxygen atoms in total. The minimum Gasteiger partial charge on any atom is -0.337 e. The van der Waals surface area contributed by atoms with E-state index in [4.69, 9.17) is 0 Å². The third-order valence-corrected chi connectivity index (χ3v) is 6.91. The number of carbonyl (C=O) groups excluding carboxylic acids is 1. The quantitative estimate of drug-likeness (QED) is 0.438. The second-order valence-electron chi connectivity index (χ2n) is 8.46. The Labute approximate surface area is 195 Å². The molecule has 0 aliphatic carbocycles. The van der Waals surface area contributed by atoms with Crippen LogP contribution in [0.2, 0.25) is 0 Å². The molecule has 0 radical (unpaired) electrons. The van der Waals surface area contributed by atoms with Gasteiger partial charge in [-0.05, 0) is 24.5 Å². The average molecular weight is 472 g/mol. The first-order valence-electron chi connectivity index (χ1n) is 11.0. The molecule has 0 saturated heterocycles. The van der Waals surface area contributed by atoms with Crippen LogP contribution in [0.25, 0.3) is 0 Å². The van der Waals surface area contributed by atoms with Crippen LogP contribution in [-0.2, 0) is 33.5 Å². The molecule has 0 bridgehead atoms. The Kier molecular flexibility index (Phi) is 8.02. The molecule has 1 aromatic heterocycles. The Morgan fingerprint density at radius 3 is 2.39 bits per heavy atom. The topological polar surface area (TPSA) is 72.3 Å². The smallest absolute Gasteiger partial charge is 0.228 e. The molecule has 176 valence electrons. The molecule has 1 amide bonds. The van der Waals surface area contributed by atoms with Crippen LogP contribution in [0, 0.1) is 11.7 Å². The molecule has 1 heterocycles. The van der Waals surface area contributed by atoms with Gasteiger partial charge in [-0.2, -0.15) is 0 Å². The Morgan fingerprint density at radius 1 is 1.09 bits per heavy atom. The molecule has 0 fully saturated rings. The number of carbonyl (C=O) groups is 1. The van der Waals surface area contributed by atoms with Gasteiger partial charge in [-0.25, -0.2) is 17.8 Å². The van der Waals surface area contributed by atoms with E-state index in [0.717, 1.165) is 5.56 Å². The molecular weight excluding hydrogens is 441 g/mol. The second-order valence-corrected chi connectivity index (χ2v) is 10.3. The summed E-state index contributed by atoms with van der Waals surface area (Å²) in [5, 5.41) is -0.128. The highest BCUT2D eigenvalue weighted by Crippen LogP contribution is 2.22. The Balaban J connectivity index is 1.99. The summed E-state index contributed by atoms with van der Waals surface area (Å²) in [5.41, 5.74) is 1.61. The Hall–Kier alpha value is -3.00. The molecule has 0 N–H and O–H groups in total. The van der Waals surface area contributed by atoms with E-state index in [0.29, 0.717) is 18.7 Å². The highest BCUT2D eigenvalue weighted by Gasteiger charge is 2.26. The molecule has 3 rings (SSSR count). The number of sulfone groups is 1. The maximum atomic E-state index is 14.2. The van der Waals surface area contributed by atoms with Crippen molar-refractivity contribution in [3.63, 3.8) is 0 Å². The van der Waals surface area contributed by atoms with Crippen LogP contribution in [0.4, 0.5) is 4.39 Å². The maximum absolute atomic E-state index is 14.2. The fourth-order valence-electron chi connectivity index (χ4n) is 3.64. The van der Waals surface area contributed by atoms with Gasteiger partial charge in [0.25, 0.3) is 0 Å². The summed E-state index contributed by atoms with van der Waals surface area (Å²) in [6, 6.07) is 15.3. The SMILES string of the molecule is CCN(Cc1cnc(S(=O)(=O)Cc2ccccc2F)n1Cc1ccccc1)C(=O)CC(C)C. The van der Waals surface area contributed by atoms with Crippen LogP contribution in [0.1, 0.15) is 44.0 Å². The molecule has 3 aromatic rings. The maximum Gasteiger partial charge on any atom is 0.228 e. The highest BCUT2D eigenvalue weighted by molar-refractivity contribution is 7.90. The average Bonchev–Trinajstić information content (AvgIpc) is 3.16. The van der Waals surface area contributed by atoms with E-state index < -0.39 is 21.4 Å². The number of nitrogens with zero attached hydrogens (tertiary/aromatic N) is 3. The molecule has 0 unspecified atom stereocenters. The number of hydrogen-bond acceptors (Lipinski definition) is 4. The monoisotopic (exact) mass is 471 g/mol. The molecule has 33 heavy (non-hydrogen) atoms. The van der Waals surface area contributed by atoms with Crippen LogP contribution in [0.3, 0.4) is 0 Å². The van der Waals surface area contributed by atoms with E-state index in [1.165, 1.54) is 24.4 Å². The van der Waals surface area contributed by atoms with Crippen LogP contribution in [0.15, 0.2) is 66.0 Å². The van der Waals surface area contributed by atoms with E-state index in [2.05, 4.69) is 4.98 Å². The molecule has 8 heteroatoms. The minimum atomic E-state index is -3.94. The number of aromatic nitrogens is 2. The molecule has 0 spiro atoms. The summed E-state index contributed by atoms with van der Waals surface area (Å²) in [5.74, 6) is -0.832. The lowest BCUT2D eigenvalue weighted by atomic mass is 10.1. The van der Waals surface area contributed by atoms with Gasteiger partial charge in [-0.3, -0.25) is 4.79 Å². The van der Waals surface area contributed by atoms with Crippen molar-refractivity contribution in [2.24, 2.45) is 5.92 Å². The van der Waals surface area contributed by atoms with Crippen LogP contribution >= 0.6 is 0 Å². The van der Waals surface area contributed by atoms with Crippen LogP contribution < -0.4 is 0 Å². The molecular formula is C25H30FN3O3S. The first-order chi connectivity index (χ1) is 15.7. The molecule has 2 aromatic carbocycles. The van der Waals surface area contributed by atoms with Gasteiger partial charge in [0.1, 0.15) is 5.82 Å². The van der Waals surface area contributed by atoms with E-state index in [-0.39, 0.29) is 35.6 Å². The summed E-state index contributed by atoms with van der Waals surface area (Å²) < 4.78 is 42.3. The van der Waals surface area contributed by atoms with Gasteiger partial charge in [0, 0.05) is 18.5 Å². The third-order valence-electron chi connectivity index (χ3n) is 5.34. The van der Waals surface area contributed by atoms with Crippen molar-refractivity contribution in [3.05, 3.63) is 83.4 Å². The minimum absolute atomic E-state index is 0.00993. The van der Waals surface area contributed by atoms with Crippen molar-refractivity contribution in [2.45, 2.75) is 51.2 Å². The first kappa shape index (κ1) is 24.6. The Morgan fingerprint density at radius 2 is 1.76 bits per heavy atom. The van der Waals surface area contributed by atoms with Crippen molar-refractivity contribution in [1.82, 2.24) is 14.5 Å². The van der Waals surface area contributed by atoms with Gasteiger partial charge in [0.2, 0.25) is 20.9 Å². The summed E-state index contributed by atoms with van der Waals surface area (Å²) >= 11 is 0. The number of halogens is 1. The predicted octanol–water partition coefficient (Wildman–Crippen LogP) is 4.44. The van der Waals surface area contributed by atoms with Crippen LogP contribution in [-0.4, -0.2) is 35.3 Å². The van der Waals surface area contributed by atoms with Crippen molar-refractivity contribution >= 4 is 15.7 Å². The zero-order chi connectivity index (χ0) is 24.0. The number of imidazole rings is 1. The first-order valence-corrected chi connectivity index (χ1v) is 12.7.